The summed E-state index contributed by atoms with van der Waals surface area (Å²) < 4.78 is 5.61. The first-order valence-corrected chi connectivity index (χ1v) is 9.00. The average molecular weight is 363 g/mol. The molecule has 0 radical (unpaired) electrons. The fourth-order valence-corrected chi connectivity index (χ4v) is 4.00. The Morgan fingerprint density at radius 3 is 2.77 bits per heavy atom. The number of anilines is 1. The van der Waals surface area contributed by atoms with Crippen molar-refractivity contribution in [3.05, 3.63) is 72.1 Å². The van der Waals surface area contributed by atoms with Gasteiger partial charge in [0.25, 0.3) is 0 Å². The third-order valence-corrected chi connectivity index (χ3v) is 5.36. The molecular formula is C20H17N3O2S. The van der Waals surface area contributed by atoms with E-state index in [1.165, 1.54) is 5.56 Å². The number of amides is 1. The second-order valence-corrected chi connectivity index (χ2v) is 6.94. The highest BCUT2D eigenvalue weighted by atomic mass is 32.1. The van der Waals surface area contributed by atoms with E-state index >= 15 is 0 Å². The van der Waals surface area contributed by atoms with Gasteiger partial charge in [0.1, 0.15) is 5.69 Å². The molecule has 0 fully saturated rings. The monoisotopic (exact) mass is 363 g/mol. The Morgan fingerprint density at radius 2 is 2.12 bits per heavy atom. The molecule has 0 atom stereocenters. The van der Waals surface area contributed by atoms with Gasteiger partial charge in [-0.1, -0.05) is 41.7 Å². The molecule has 130 valence electrons. The SMILES string of the molecule is Cc1ccccc1-c1sc(N2C=CC(C(N)=O)=CC2)nc1-c1ccco1. The molecule has 5 nitrogen and oxygen atoms in total. The molecule has 2 N–H and O–H groups in total. The van der Waals surface area contributed by atoms with Crippen LogP contribution < -0.4 is 10.6 Å². The van der Waals surface area contributed by atoms with Gasteiger partial charge in [0, 0.05) is 18.3 Å². The van der Waals surface area contributed by atoms with E-state index in [1.807, 2.05) is 41.4 Å². The van der Waals surface area contributed by atoms with Gasteiger partial charge in [-0.05, 0) is 36.3 Å². The molecule has 0 unspecified atom stereocenters. The lowest BCUT2D eigenvalue weighted by atomic mass is 10.1. The van der Waals surface area contributed by atoms with E-state index in [4.69, 9.17) is 15.1 Å². The van der Waals surface area contributed by atoms with Gasteiger partial charge in [0.2, 0.25) is 5.91 Å². The van der Waals surface area contributed by atoms with Crippen molar-refractivity contribution in [2.45, 2.75) is 6.92 Å². The quantitative estimate of drug-likeness (QED) is 0.757. The maximum Gasteiger partial charge on any atom is 0.248 e. The first-order chi connectivity index (χ1) is 12.6. The van der Waals surface area contributed by atoms with Gasteiger partial charge in [0.05, 0.1) is 11.1 Å². The summed E-state index contributed by atoms with van der Waals surface area (Å²) in [5.41, 5.74) is 8.99. The van der Waals surface area contributed by atoms with Crippen molar-refractivity contribution in [1.29, 1.82) is 0 Å². The maximum atomic E-state index is 11.3. The van der Waals surface area contributed by atoms with E-state index in [1.54, 1.807) is 23.7 Å². The van der Waals surface area contributed by atoms with Crippen LogP contribution >= 0.6 is 11.3 Å². The summed E-state index contributed by atoms with van der Waals surface area (Å²) in [6, 6.07) is 12.0. The summed E-state index contributed by atoms with van der Waals surface area (Å²) in [5.74, 6) is 0.317. The number of aromatic nitrogens is 1. The molecule has 1 aliphatic heterocycles. The Kier molecular flexibility index (Phi) is 4.18. The predicted molar refractivity (Wildman–Crippen MR) is 104 cm³/mol. The number of furan rings is 1. The molecule has 4 rings (SSSR count). The molecule has 6 heteroatoms. The van der Waals surface area contributed by atoms with Crippen molar-refractivity contribution in [1.82, 2.24) is 4.98 Å². The second kappa shape index (κ2) is 6.65. The van der Waals surface area contributed by atoms with Crippen molar-refractivity contribution in [2.24, 2.45) is 5.73 Å². The molecule has 3 heterocycles. The van der Waals surface area contributed by atoms with E-state index in [2.05, 4.69) is 19.1 Å². The van der Waals surface area contributed by atoms with E-state index in [9.17, 15) is 4.79 Å². The Labute approximate surface area is 155 Å². The molecule has 0 spiro atoms. The molecule has 0 saturated heterocycles. The molecule has 1 aliphatic rings. The molecule has 0 bridgehead atoms. The Hall–Kier alpha value is -3.12. The molecule has 2 aromatic heterocycles. The number of benzene rings is 1. The Morgan fingerprint density at radius 1 is 1.27 bits per heavy atom. The van der Waals surface area contributed by atoms with Crippen LogP contribution in [0.15, 0.2) is 71.0 Å². The van der Waals surface area contributed by atoms with E-state index < -0.39 is 5.91 Å². The van der Waals surface area contributed by atoms with Gasteiger partial charge in [-0.2, -0.15) is 0 Å². The highest BCUT2D eigenvalue weighted by Gasteiger charge is 2.21. The number of primary amides is 1. The minimum absolute atomic E-state index is 0.420. The fraction of sp³-hybridized carbons (Fsp3) is 0.100. The van der Waals surface area contributed by atoms with E-state index in [0.717, 1.165) is 27.0 Å². The minimum atomic E-state index is -0.420. The highest BCUT2D eigenvalue weighted by Crippen LogP contribution is 2.42. The minimum Gasteiger partial charge on any atom is -0.463 e. The summed E-state index contributed by atoms with van der Waals surface area (Å²) in [6.45, 7) is 2.64. The predicted octanol–water partition coefficient (Wildman–Crippen LogP) is 4.12. The number of thiazole rings is 1. The van der Waals surface area contributed by atoms with Crippen molar-refractivity contribution in [3.63, 3.8) is 0 Å². The van der Waals surface area contributed by atoms with Crippen molar-refractivity contribution >= 4 is 22.4 Å². The van der Waals surface area contributed by atoms with Crippen LogP contribution in [0.2, 0.25) is 0 Å². The summed E-state index contributed by atoms with van der Waals surface area (Å²) in [6.07, 6.45) is 7.02. The van der Waals surface area contributed by atoms with Gasteiger partial charge in [-0.15, -0.1) is 0 Å². The highest BCUT2D eigenvalue weighted by molar-refractivity contribution is 7.19. The van der Waals surface area contributed by atoms with Gasteiger partial charge in [0.15, 0.2) is 10.9 Å². The zero-order chi connectivity index (χ0) is 18.1. The number of rotatable bonds is 4. The average Bonchev–Trinajstić information content (AvgIpc) is 3.32. The van der Waals surface area contributed by atoms with Crippen LogP contribution in [0.3, 0.4) is 0 Å². The van der Waals surface area contributed by atoms with E-state index in [0.29, 0.717) is 12.1 Å². The molecular weight excluding hydrogens is 346 g/mol. The van der Waals surface area contributed by atoms with Crippen molar-refractivity contribution in [2.75, 3.05) is 11.4 Å². The topological polar surface area (TPSA) is 72.4 Å². The van der Waals surface area contributed by atoms with Crippen LogP contribution in [0.25, 0.3) is 21.9 Å². The lowest BCUT2D eigenvalue weighted by molar-refractivity contribution is -0.114. The van der Waals surface area contributed by atoms with Gasteiger partial charge in [-0.25, -0.2) is 4.98 Å². The number of hydrogen-bond acceptors (Lipinski definition) is 5. The smallest absolute Gasteiger partial charge is 0.248 e. The molecule has 1 amide bonds. The number of nitrogens with zero attached hydrogens (tertiary/aromatic N) is 2. The number of carbonyl (C=O) groups is 1. The zero-order valence-electron chi connectivity index (χ0n) is 14.2. The standard InChI is InChI=1S/C20H17N3O2S/c1-13-5-2-3-6-15(13)18-17(16-7-4-12-25-16)22-20(26-18)23-10-8-14(9-11-23)19(21)24/h2-10,12H,11H2,1H3,(H2,21,24). The summed E-state index contributed by atoms with van der Waals surface area (Å²) in [4.78, 5) is 19.2. The zero-order valence-corrected chi connectivity index (χ0v) is 15.0. The fourth-order valence-electron chi connectivity index (χ4n) is 2.84. The van der Waals surface area contributed by atoms with Crippen molar-refractivity contribution in [3.8, 4) is 21.9 Å². The van der Waals surface area contributed by atoms with Crippen LogP contribution in [-0.2, 0) is 4.79 Å². The molecule has 26 heavy (non-hydrogen) atoms. The summed E-state index contributed by atoms with van der Waals surface area (Å²) >= 11 is 1.60. The largest absolute Gasteiger partial charge is 0.463 e. The van der Waals surface area contributed by atoms with Gasteiger partial charge >= 0.3 is 0 Å². The van der Waals surface area contributed by atoms with Crippen LogP contribution in [0.4, 0.5) is 5.13 Å². The summed E-state index contributed by atoms with van der Waals surface area (Å²) in [5, 5.41) is 0.839. The molecule has 3 aromatic rings. The van der Waals surface area contributed by atoms with Crippen molar-refractivity contribution < 1.29 is 9.21 Å². The summed E-state index contributed by atoms with van der Waals surface area (Å²) in [7, 11) is 0. The van der Waals surface area contributed by atoms with Gasteiger partial charge < -0.3 is 15.1 Å². The molecule has 0 saturated carbocycles. The van der Waals surface area contributed by atoms with Crippen LogP contribution in [0, 0.1) is 6.92 Å². The number of hydrogen-bond donors (Lipinski definition) is 1. The second-order valence-electron chi connectivity index (χ2n) is 5.96. The normalized spacial score (nSPS) is 13.7. The molecule has 1 aromatic carbocycles. The number of carbonyl (C=O) groups excluding carboxylic acids is 1. The van der Waals surface area contributed by atoms with Crippen LogP contribution in [0.5, 0.6) is 0 Å². The Bertz CT molecular complexity index is 1020. The molecule has 0 aliphatic carbocycles. The van der Waals surface area contributed by atoms with Crippen LogP contribution in [0.1, 0.15) is 5.56 Å². The lowest BCUT2D eigenvalue weighted by Crippen LogP contribution is -2.22. The Balaban J connectivity index is 1.77. The first kappa shape index (κ1) is 16.4. The number of aryl methyl sites for hydroxylation is 1. The van der Waals surface area contributed by atoms with Crippen LogP contribution in [-0.4, -0.2) is 17.4 Å². The number of nitrogens with two attached hydrogens (primary N) is 1. The first-order valence-electron chi connectivity index (χ1n) is 8.19. The lowest BCUT2D eigenvalue weighted by Gasteiger charge is -2.18. The van der Waals surface area contributed by atoms with E-state index in [-0.39, 0.29) is 0 Å². The maximum absolute atomic E-state index is 11.3. The third-order valence-electron chi connectivity index (χ3n) is 4.23. The third kappa shape index (κ3) is 2.95. The van der Waals surface area contributed by atoms with Gasteiger partial charge in [-0.3, -0.25) is 4.79 Å².